The molecule has 2 rings (SSSR count). The second-order valence-electron chi connectivity index (χ2n) is 4.29. The lowest BCUT2D eigenvalue weighted by Crippen LogP contribution is -2.28. The van der Waals surface area contributed by atoms with Crippen molar-refractivity contribution in [3.05, 3.63) is 60.2 Å². The van der Waals surface area contributed by atoms with Gasteiger partial charge < -0.3 is 4.79 Å². The van der Waals surface area contributed by atoms with E-state index in [2.05, 4.69) is 14.9 Å². The lowest BCUT2D eigenvalue weighted by atomic mass is 10.2. The Morgan fingerprint density at radius 1 is 1.00 bits per heavy atom. The van der Waals surface area contributed by atoms with E-state index in [1.54, 1.807) is 12.4 Å². The van der Waals surface area contributed by atoms with E-state index < -0.39 is 0 Å². The minimum Gasteiger partial charge on any atom is -0.302 e. The molecule has 4 nitrogen and oxygen atoms in total. The third-order valence-corrected chi connectivity index (χ3v) is 2.85. The van der Waals surface area contributed by atoms with E-state index in [1.807, 2.05) is 36.4 Å². The second kappa shape index (κ2) is 7.38. The van der Waals surface area contributed by atoms with E-state index >= 15 is 0 Å². The van der Waals surface area contributed by atoms with Crippen molar-refractivity contribution in [2.75, 3.05) is 13.1 Å². The molecule has 2 aromatic rings. The molecule has 98 valence electrons. The van der Waals surface area contributed by atoms with E-state index in [4.69, 9.17) is 0 Å². The van der Waals surface area contributed by atoms with Gasteiger partial charge in [-0.15, -0.1) is 0 Å². The van der Waals surface area contributed by atoms with Crippen molar-refractivity contribution in [1.82, 2.24) is 14.9 Å². The van der Waals surface area contributed by atoms with E-state index in [0.29, 0.717) is 13.1 Å². The molecule has 0 N–H and O–H groups in total. The molecule has 0 aromatic carbocycles. The van der Waals surface area contributed by atoms with Crippen LogP contribution in [0, 0.1) is 0 Å². The topological polar surface area (TPSA) is 46.1 Å². The Morgan fingerprint density at radius 3 is 2.26 bits per heavy atom. The number of rotatable bonds is 7. The Morgan fingerprint density at radius 2 is 1.68 bits per heavy atom. The summed E-state index contributed by atoms with van der Waals surface area (Å²) in [6, 6.07) is 11.7. The molecule has 2 aromatic heterocycles. The summed E-state index contributed by atoms with van der Waals surface area (Å²) < 4.78 is 0. The summed E-state index contributed by atoms with van der Waals surface area (Å²) in [6.45, 7) is 1.90. The van der Waals surface area contributed by atoms with Gasteiger partial charge in [-0.2, -0.15) is 0 Å². The lowest BCUT2D eigenvalue weighted by molar-refractivity contribution is -0.109. The summed E-state index contributed by atoms with van der Waals surface area (Å²) >= 11 is 0. The minimum absolute atomic E-state index is 0.420. The molecular weight excluding hydrogens is 238 g/mol. The van der Waals surface area contributed by atoms with E-state index in [0.717, 1.165) is 30.6 Å². The fourth-order valence-corrected chi connectivity index (χ4v) is 1.88. The quantitative estimate of drug-likeness (QED) is 0.707. The van der Waals surface area contributed by atoms with Crippen LogP contribution in [-0.4, -0.2) is 34.2 Å². The maximum absolute atomic E-state index is 10.7. The largest absolute Gasteiger partial charge is 0.302 e. The van der Waals surface area contributed by atoms with Crippen LogP contribution in [0.2, 0.25) is 0 Å². The monoisotopic (exact) mass is 255 g/mol. The smallest absolute Gasteiger partial charge is 0.133 e. The van der Waals surface area contributed by atoms with Crippen LogP contribution in [0.25, 0.3) is 0 Å². The van der Waals surface area contributed by atoms with Gasteiger partial charge in [0.25, 0.3) is 0 Å². The first kappa shape index (κ1) is 13.4. The Hall–Kier alpha value is -2.07. The van der Waals surface area contributed by atoms with Gasteiger partial charge >= 0.3 is 0 Å². The molecule has 0 aliphatic carbocycles. The van der Waals surface area contributed by atoms with Gasteiger partial charge in [-0.05, 0) is 24.3 Å². The summed E-state index contributed by atoms with van der Waals surface area (Å²) in [4.78, 5) is 21.4. The maximum Gasteiger partial charge on any atom is 0.133 e. The predicted molar refractivity (Wildman–Crippen MR) is 73.5 cm³/mol. The highest BCUT2D eigenvalue weighted by atomic mass is 16.1. The molecule has 0 saturated carbocycles. The average Bonchev–Trinajstić information content (AvgIpc) is 2.47. The number of carbonyl (C=O) groups is 1. The molecule has 0 atom stereocenters. The Bertz CT molecular complexity index is 487. The molecule has 19 heavy (non-hydrogen) atoms. The molecular formula is C15H17N3O. The fourth-order valence-electron chi connectivity index (χ4n) is 1.88. The zero-order valence-electron chi connectivity index (χ0n) is 10.8. The molecule has 0 aliphatic rings. The molecule has 4 heteroatoms. The number of nitrogens with zero attached hydrogens (tertiary/aromatic N) is 3. The van der Waals surface area contributed by atoms with Crippen molar-refractivity contribution in [2.45, 2.75) is 13.0 Å². The van der Waals surface area contributed by atoms with Crippen molar-refractivity contribution < 1.29 is 4.79 Å². The van der Waals surface area contributed by atoms with Crippen molar-refractivity contribution in [2.24, 2.45) is 0 Å². The number of hydrogen-bond donors (Lipinski definition) is 0. The molecule has 0 spiro atoms. The third-order valence-electron chi connectivity index (χ3n) is 2.85. The first-order chi connectivity index (χ1) is 9.38. The summed E-state index contributed by atoms with van der Waals surface area (Å²) in [7, 11) is 0. The van der Waals surface area contributed by atoms with E-state index in [9.17, 15) is 4.79 Å². The molecule has 0 bridgehead atoms. The molecule has 0 aliphatic heterocycles. The molecule has 0 unspecified atom stereocenters. The van der Waals surface area contributed by atoms with Gasteiger partial charge in [0.15, 0.2) is 0 Å². The third kappa shape index (κ3) is 4.60. The van der Waals surface area contributed by atoms with Crippen LogP contribution in [0.15, 0.2) is 48.8 Å². The van der Waals surface area contributed by atoms with Crippen LogP contribution in [0.4, 0.5) is 0 Å². The summed E-state index contributed by atoms with van der Waals surface area (Å²) in [5.41, 5.74) is 2.02. The number of pyridine rings is 2. The van der Waals surface area contributed by atoms with Crippen LogP contribution < -0.4 is 0 Å². The summed E-state index contributed by atoms with van der Waals surface area (Å²) in [5, 5.41) is 0. The zero-order valence-corrected chi connectivity index (χ0v) is 10.8. The zero-order chi connectivity index (χ0) is 13.3. The van der Waals surface area contributed by atoms with Crippen molar-refractivity contribution >= 4 is 6.29 Å². The van der Waals surface area contributed by atoms with Gasteiger partial charge in [0.1, 0.15) is 6.29 Å². The highest BCUT2D eigenvalue weighted by Crippen LogP contribution is 2.03. The van der Waals surface area contributed by atoms with Crippen LogP contribution in [-0.2, 0) is 17.8 Å². The normalized spacial score (nSPS) is 10.6. The van der Waals surface area contributed by atoms with Gasteiger partial charge in [0, 0.05) is 37.6 Å². The average molecular weight is 255 g/mol. The molecule has 0 fully saturated rings. The van der Waals surface area contributed by atoms with E-state index in [-0.39, 0.29) is 0 Å². The van der Waals surface area contributed by atoms with Gasteiger partial charge in [0.2, 0.25) is 0 Å². The fraction of sp³-hybridized carbons (Fsp3) is 0.267. The Labute approximate surface area is 113 Å². The van der Waals surface area contributed by atoms with Gasteiger partial charge in [-0.25, -0.2) is 0 Å². The maximum atomic E-state index is 10.7. The van der Waals surface area contributed by atoms with Gasteiger partial charge in [-0.1, -0.05) is 12.1 Å². The number of carbonyl (C=O) groups excluding carboxylic acids is 1. The number of aldehydes is 1. The summed E-state index contributed by atoms with van der Waals surface area (Å²) in [6.07, 6.45) is 5.33. The number of hydrogen-bond acceptors (Lipinski definition) is 4. The van der Waals surface area contributed by atoms with Gasteiger partial charge in [-0.3, -0.25) is 14.9 Å². The van der Waals surface area contributed by atoms with Crippen LogP contribution in [0.3, 0.4) is 0 Å². The Kier molecular flexibility index (Phi) is 5.19. The van der Waals surface area contributed by atoms with Crippen LogP contribution >= 0.6 is 0 Å². The number of aromatic nitrogens is 2. The first-order valence-corrected chi connectivity index (χ1v) is 6.34. The van der Waals surface area contributed by atoms with Crippen LogP contribution in [0.1, 0.15) is 11.4 Å². The van der Waals surface area contributed by atoms with E-state index in [1.165, 1.54) is 0 Å². The molecule has 2 heterocycles. The lowest BCUT2D eigenvalue weighted by Gasteiger charge is -2.18. The second-order valence-corrected chi connectivity index (χ2v) is 4.29. The standard InChI is InChI=1S/C15H17N3O/c19-12-11-18(13-15-6-2-4-9-17-15)10-7-14-5-1-3-8-16-14/h1-6,8-9,12H,7,10-11,13H2. The molecule has 0 radical (unpaired) electrons. The minimum atomic E-state index is 0.420. The highest BCUT2D eigenvalue weighted by molar-refractivity contribution is 5.51. The molecule has 0 amide bonds. The SMILES string of the molecule is O=CCN(CCc1ccccn1)Cc1ccccn1. The van der Waals surface area contributed by atoms with Crippen molar-refractivity contribution in [3.63, 3.8) is 0 Å². The highest BCUT2D eigenvalue weighted by Gasteiger charge is 2.06. The Balaban J connectivity index is 1.91. The van der Waals surface area contributed by atoms with Crippen LogP contribution in [0.5, 0.6) is 0 Å². The van der Waals surface area contributed by atoms with Crippen molar-refractivity contribution in [1.29, 1.82) is 0 Å². The van der Waals surface area contributed by atoms with Crippen molar-refractivity contribution in [3.8, 4) is 0 Å². The molecule has 0 saturated heterocycles. The summed E-state index contributed by atoms with van der Waals surface area (Å²) in [5.74, 6) is 0. The van der Waals surface area contributed by atoms with Gasteiger partial charge in [0.05, 0.1) is 12.2 Å². The first-order valence-electron chi connectivity index (χ1n) is 6.34. The predicted octanol–water partition coefficient (Wildman–Crippen LogP) is 1.72.